The highest BCUT2D eigenvalue weighted by molar-refractivity contribution is 5.75. The Labute approximate surface area is 87.0 Å². The molecular formula is C11H22N2O. The summed E-state index contributed by atoms with van der Waals surface area (Å²) < 4.78 is 0. The SMILES string of the molecule is C/C(=C\NC(=O)NC(C)C)C(C)(C)C. The van der Waals surface area contributed by atoms with Crippen LogP contribution >= 0.6 is 0 Å². The van der Waals surface area contributed by atoms with Gasteiger partial charge < -0.3 is 10.6 Å². The Morgan fingerprint density at radius 1 is 1.29 bits per heavy atom. The van der Waals surface area contributed by atoms with E-state index >= 15 is 0 Å². The first-order chi connectivity index (χ1) is 6.23. The predicted molar refractivity (Wildman–Crippen MR) is 60.0 cm³/mol. The number of carbonyl (C=O) groups excluding carboxylic acids is 1. The molecule has 3 heteroatoms. The molecule has 0 saturated carbocycles. The third-order valence-electron chi connectivity index (χ3n) is 2.02. The minimum absolute atomic E-state index is 0.102. The van der Waals surface area contributed by atoms with E-state index < -0.39 is 0 Å². The lowest BCUT2D eigenvalue weighted by Crippen LogP contribution is -2.37. The molecule has 0 aromatic carbocycles. The van der Waals surface area contributed by atoms with E-state index in [2.05, 4.69) is 31.4 Å². The summed E-state index contributed by atoms with van der Waals surface area (Å²) >= 11 is 0. The average molecular weight is 198 g/mol. The lowest BCUT2D eigenvalue weighted by molar-refractivity contribution is 0.241. The number of carbonyl (C=O) groups is 1. The minimum atomic E-state index is -0.149. The number of amides is 2. The van der Waals surface area contributed by atoms with Crippen LogP contribution in [0.2, 0.25) is 0 Å². The van der Waals surface area contributed by atoms with Crippen LogP contribution in [0.3, 0.4) is 0 Å². The van der Waals surface area contributed by atoms with Gasteiger partial charge in [0.05, 0.1) is 0 Å². The van der Waals surface area contributed by atoms with Gasteiger partial charge in [0.1, 0.15) is 0 Å². The van der Waals surface area contributed by atoms with Crippen LogP contribution < -0.4 is 10.6 Å². The lowest BCUT2D eigenvalue weighted by Gasteiger charge is -2.19. The van der Waals surface area contributed by atoms with E-state index in [0.717, 1.165) is 5.57 Å². The number of hydrogen-bond acceptors (Lipinski definition) is 1. The molecular weight excluding hydrogens is 176 g/mol. The standard InChI is InChI=1S/C11H22N2O/c1-8(2)13-10(14)12-7-9(3)11(4,5)6/h7-8H,1-6H3,(H2,12,13,14)/b9-7+. The Kier molecular flexibility index (Phi) is 4.68. The van der Waals surface area contributed by atoms with E-state index in [-0.39, 0.29) is 17.5 Å². The van der Waals surface area contributed by atoms with Crippen molar-refractivity contribution >= 4 is 6.03 Å². The van der Waals surface area contributed by atoms with Gasteiger partial charge in [-0.2, -0.15) is 0 Å². The monoisotopic (exact) mass is 198 g/mol. The summed E-state index contributed by atoms with van der Waals surface area (Å²) in [5.41, 5.74) is 1.25. The molecule has 0 saturated heterocycles. The Balaban J connectivity index is 4.10. The fourth-order valence-electron chi connectivity index (χ4n) is 0.694. The van der Waals surface area contributed by atoms with Gasteiger partial charge in [0.25, 0.3) is 0 Å². The Morgan fingerprint density at radius 2 is 1.79 bits per heavy atom. The Hall–Kier alpha value is -0.990. The second-order valence-electron chi connectivity index (χ2n) is 4.85. The van der Waals surface area contributed by atoms with Crippen molar-refractivity contribution in [1.29, 1.82) is 0 Å². The Morgan fingerprint density at radius 3 is 2.14 bits per heavy atom. The van der Waals surface area contributed by atoms with E-state index in [1.165, 1.54) is 0 Å². The maximum atomic E-state index is 11.2. The van der Waals surface area contributed by atoms with Crippen LogP contribution in [0, 0.1) is 5.41 Å². The maximum absolute atomic E-state index is 11.2. The van der Waals surface area contributed by atoms with Crippen molar-refractivity contribution in [2.24, 2.45) is 5.41 Å². The van der Waals surface area contributed by atoms with E-state index in [4.69, 9.17) is 0 Å². The molecule has 82 valence electrons. The third kappa shape index (κ3) is 5.62. The predicted octanol–water partition coefficient (Wildman–Crippen LogP) is 2.64. The van der Waals surface area contributed by atoms with Crippen molar-refractivity contribution in [2.45, 2.75) is 47.6 Å². The highest BCUT2D eigenvalue weighted by atomic mass is 16.2. The van der Waals surface area contributed by atoms with Gasteiger partial charge in [-0.25, -0.2) is 4.79 Å². The summed E-state index contributed by atoms with van der Waals surface area (Å²) in [4.78, 5) is 11.2. The van der Waals surface area contributed by atoms with E-state index in [1.54, 1.807) is 6.20 Å². The van der Waals surface area contributed by atoms with Gasteiger partial charge in [-0.3, -0.25) is 0 Å². The molecule has 0 aromatic heterocycles. The summed E-state index contributed by atoms with van der Waals surface area (Å²) in [6.07, 6.45) is 1.76. The molecule has 0 aliphatic heterocycles. The van der Waals surface area contributed by atoms with Gasteiger partial charge in [-0.1, -0.05) is 26.3 Å². The molecule has 0 aliphatic carbocycles. The molecule has 0 aromatic rings. The van der Waals surface area contributed by atoms with Crippen molar-refractivity contribution in [3.8, 4) is 0 Å². The summed E-state index contributed by atoms with van der Waals surface area (Å²) in [6.45, 7) is 12.2. The fourth-order valence-corrected chi connectivity index (χ4v) is 0.694. The van der Waals surface area contributed by atoms with Crippen LogP contribution in [0.15, 0.2) is 11.8 Å². The zero-order chi connectivity index (χ0) is 11.4. The quantitative estimate of drug-likeness (QED) is 0.703. The molecule has 0 atom stereocenters. The number of allylic oxidation sites excluding steroid dienone is 1. The molecule has 14 heavy (non-hydrogen) atoms. The summed E-state index contributed by atoms with van der Waals surface area (Å²) in [5, 5.41) is 5.46. The van der Waals surface area contributed by atoms with Crippen molar-refractivity contribution in [3.05, 3.63) is 11.8 Å². The van der Waals surface area contributed by atoms with Crippen LogP contribution in [0.4, 0.5) is 4.79 Å². The smallest absolute Gasteiger partial charge is 0.318 e. The fraction of sp³-hybridized carbons (Fsp3) is 0.727. The first kappa shape index (κ1) is 13.0. The number of nitrogens with one attached hydrogen (secondary N) is 2. The largest absolute Gasteiger partial charge is 0.336 e. The third-order valence-corrected chi connectivity index (χ3v) is 2.02. The van der Waals surface area contributed by atoms with Gasteiger partial charge in [0.2, 0.25) is 0 Å². The first-order valence-corrected chi connectivity index (χ1v) is 4.97. The summed E-state index contributed by atoms with van der Waals surface area (Å²) in [6, 6.07) is 0.0157. The molecule has 0 aliphatic rings. The molecule has 0 heterocycles. The summed E-state index contributed by atoms with van der Waals surface area (Å²) in [7, 11) is 0. The lowest BCUT2D eigenvalue weighted by atomic mass is 9.88. The topological polar surface area (TPSA) is 41.1 Å². The van der Waals surface area contributed by atoms with Gasteiger partial charge in [-0.15, -0.1) is 0 Å². The van der Waals surface area contributed by atoms with Crippen LogP contribution in [0.1, 0.15) is 41.5 Å². The van der Waals surface area contributed by atoms with Crippen LogP contribution in [0.5, 0.6) is 0 Å². The molecule has 2 amide bonds. The second-order valence-corrected chi connectivity index (χ2v) is 4.85. The molecule has 0 bridgehead atoms. The number of hydrogen-bond donors (Lipinski definition) is 2. The zero-order valence-electron chi connectivity index (χ0n) is 10.1. The molecule has 3 nitrogen and oxygen atoms in total. The minimum Gasteiger partial charge on any atom is -0.336 e. The maximum Gasteiger partial charge on any atom is 0.318 e. The van der Waals surface area contributed by atoms with Crippen LogP contribution in [-0.4, -0.2) is 12.1 Å². The molecule has 0 unspecified atom stereocenters. The normalized spacial score (nSPS) is 12.9. The number of urea groups is 1. The van der Waals surface area contributed by atoms with Gasteiger partial charge in [-0.05, 0) is 26.2 Å². The first-order valence-electron chi connectivity index (χ1n) is 4.97. The molecule has 0 rings (SSSR count). The number of rotatable bonds is 2. The van der Waals surface area contributed by atoms with Crippen LogP contribution in [0.25, 0.3) is 0 Å². The second kappa shape index (κ2) is 5.03. The Bertz CT molecular complexity index is 224. The molecule has 0 radical (unpaired) electrons. The van der Waals surface area contributed by atoms with Crippen molar-refractivity contribution in [1.82, 2.24) is 10.6 Å². The molecule has 0 fully saturated rings. The highest BCUT2D eigenvalue weighted by Gasteiger charge is 2.12. The van der Waals surface area contributed by atoms with E-state index in [1.807, 2.05) is 20.8 Å². The van der Waals surface area contributed by atoms with Crippen LogP contribution in [-0.2, 0) is 0 Å². The van der Waals surface area contributed by atoms with Gasteiger partial charge in [0.15, 0.2) is 0 Å². The van der Waals surface area contributed by atoms with E-state index in [0.29, 0.717) is 0 Å². The zero-order valence-corrected chi connectivity index (χ0v) is 10.1. The van der Waals surface area contributed by atoms with Crippen molar-refractivity contribution < 1.29 is 4.79 Å². The van der Waals surface area contributed by atoms with Crippen molar-refractivity contribution in [2.75, 3.05) is 0 Å². The van der Waals surface area contributed by atoms with Gasteiger partial charge >= 0.3 is 6.03 Å². The average Bonchev–Trinajstić information content (AvgIpc) is 1.96. The van der Waals surface area contributed by atoms with E-state index in [9.17, 15) is 4.79 Å². The molecule has 2 N–H and O–H groups in total. The summed E-state index contributed by atoms with van der Waals surface area (Å²) in [5.74, 6) is 0. The van der Waals surface area contributed by atoms with Crippen molar-refractivity contribution in [3.63, 3.8) is 0 Å². The molecule has 0 spiro atoms. The van der Waals surface area contributed by atoms with Gasteiger partial charge in [0, 0.05) is 12.2 Å². The highest BCUT2D eigenvalue weighted by Crippen LogP contribution is 2.23.